The van der Waals surface area contributed by atoms with E-state index in [2.05, 4.69) is 15.8 Å². The van der Waals surface area contributed by atoms with E-state index in [1.807, 2.05) is 0 Å². The molecule has 1 radical (unpaired) electrons. The molecule has 0 amide bonds. The minimum atomic E-state index is -0.337. The summed E-state index contributed by atoms with van der Waals surface area (Å²) in [5, 5.41) is 0.885. The quantitative estimate of drug-likeness (QED) is 0.638. The van der Waals surface area contributed by atoms with Crippen LogP contribution in [0.15, 0.2) is 30.5 Å². The van der Waals surface area contributed by atoms with Crippen LogP contribution >= 0.6 is 0 Å². The van der Waals surface area contributed by atoms with Crippen LogP contribution in [0.25, 0.3) is 10.9 Å². The van der Waals surface area contributed by atoms with Crippen molar-refractivity contribution in [2.45, 2.75) is 0 Å². The normalized spacial score (nSPS) is 10.1. The fourth-order valence-electron chi connectivity index (χ4n) is 1.27. The maximum Gasteiger partial charge on any atom is 0.337 e. The fourth-order valence-corrected chi connectivity index (χ4v) is 1.27. The van der Waals surface area contributed by atoms with E-state index < -0.39 is 0 Å². The van der Waals surface area contributed by atoms with Gasteiger partial charge in [-0.2, -0.15) is 0 Å². The number of ether oxygens (including phenoxy) is 1. The van der Waals surface area contributed by atoms with Gasteiger partial charge in [-0.25, -0.2) is 4.79 Å². The van der Waals surface area contributed by atoms with Gasteiger partial charge in [-0.3, -0.25) is 4.98 Å². The second-order valence-corrected chi connectivity index (χ2v) is 2.83. The van der Waals surface area contributed by atoms with Crippen LogP contribution in [0.5, 0.6) is 0 Å². The Balaban J connectivity index is 2.56. The van der Waals surface area contributed by atoms with E-state index in [1.54, 1.807) is 30.5 Å². The average Bonchev–Trinajstić information content (AvgIpc) is 2.27. The minimum absolute atomic E-state index is 0.337. The second-order valence-electron chi connectivity index (χ2n) is 2.83. The molecule has 0 aliphatic heterocycles. The lowest BCUT2D eigenvalue weighted by atomic mass is 10.1. The third kappa shape index (κ3) is 1.44. The van der Waals surface area contributed by atoms with Crippen molar-refractivity contribution in [3.05, 3.63) is 42.1 Å². The smallest absolute Gasteiger partial charge is 0.337 e. The maximum atomic E-state index is 11.2. The minimum Gasteiger partial charge on any atom is -0.465 e. The predicted octanol–water partition coefficient (Wildman–Crippen LogP) is 1.82. The molecule has 0 unspecified atom stereocenters. The molecular formula is C11H8NO2. The monoisotopic (exact) mass is 186 g/mol. The Bertz CT molecular complexity index is 479. The molecule has 0 saturated carbocycles. The molecule has 0 atom stereocenters. The highest BCUT2D eigenvalue weighted by Crippen LogP contribution is 2.13. The zero-order valence-electron chi connectivity index (χ0n) is 7.65. The lowest BCUT2D eigenvalue weighted by Crippen LogP contribution is -2.00. The van der Waals surface area contributed by atoms with Gasteiger partial charge in [0.1, 0.15) is 0 Å². The molecule has 3 nitrogen and oxygen atoms in total. The largest absolute Gasteiger partial charge is 0.465 e. The van der Waals surface area contributed by atoms with Crippen molar-refractivity contribution in [3.63, 3.8) is 0 Å². The van der Waals surface area contributed by atoms with Gasteiger partial charge in [0.25, 0.3) is 0 Å². The molecule has 0 saturated heterocycles. The van der Waals surface area contributed by atoms with E-state index in [4.69, 9.17) is 0 Å². The van der Waals surface area contributed by atoms with Crippen LogP contribution in [0.2, 0.25) is 0 Å². The van der Waals surface area contributed by atoms with Gasteiger partial charge in [-0.05, 0) is 24.3 Å². The number of hydrogen-bond donors (Lipinski definition) is 0. The number of rotatable bonds is 1. The molecule has 69 valence electrons. The summed E-state index contributed by atoms with van der Waals surface area (Å²) >= 11 is 0. The topological polar surface area (TPSA) is 39.2 Å². The van der Waals surface area contributed by atoms with Crippen LogP contribution in [0.1, 0.15) is 10.4 Å². The van der Waals surface area contributed by atoms with Gasteiger partial charge in [0.15, 0.2) is 0 Å². The number of aromatic nitrogens is 1. The standard InChI is InChI=1S/C11H8NO2/c1-14-11(13)9-4-5-10-8(7-9)3-2-6-12-10/h3-7H,1H3. The highest BCUT2D eigenvalue weighted by Gasteiger charge is 2.05. The Morgan fingerprint density at radius 2 is 2.36 bits per heavy atom. The number of esters is 1. The van der Waals surface area contributed by atoms with Crippen molar-refractivity contribution in [2.24, 2.45) is 0 Å². The average molecular weight is 186 g/mol. The molecule has 1 aromatic heterocycles. The molecule has 0 aliphatic carbocycles. The SMILES string of the molecule is COC(=O)c1ccc2nc[c]cc2c1. The highest BCUT2D eigenvalue weighted by molar-refractivity contribution is 5.94. The Hall–Kier alpha value is -1.90. The number of methoxy groups -OCH3 is 1. The molecule has 2 aromatic rings. The molecule has 14 heavy (non-hydrogen) atoms. The van der Waals surface area contributed by atoms with Crippen LogP contribution in [-0.4, -0.2) is 18.1 Å². The summed E-state index contributed by atoms with van der Waals surface area (Å²) in [6, 6.07) is 9.87. The number of carbonyl (C=O) groups excluding carboxylic acids is 1. The highest BCUT2D eigenvalue weighted by atomic mass is 16.5. The molecule has 2 rings (SSSR count). The third-order valence-electron chi connectivity index (χ3n) is 1.97. The number of nitrogens with zero attached hydrogens (tertiary/aromatic N) is 1. The number of hydrogen-bond acceptors (Lipinski definition) is 3. The molecule has 0 spiro atoms. The van der Waals surface area contributed by atoms with E-state index in [1.165, 1.54) is 7.11 Å². The lowest BCUT2D eigenvalue weighted by Gasteiger charge is -2.00. The van der Waals surface area contributed by atoms with Crippen LogP contribution in [0.3, 0.4) is 0 Å². The zero-order valence-corrected chi connectivity index (χ0v) is 7.65. The predicted molar refractivity (Wildman–Crippen MR) is 51.9 cm³/mol. The molecule has 0 bridgehead atoms. The first kappa shape index (κ1) is 8.69. The molecule has 1 heterocycles. The summed E-state index contributed by atoms with van der Waals surface area (Å²) in [6.45, 7) is 0. The Morgan fingerprint density at radius 1 is 1.50 bits per heavy atom. The fraction of sp³-hybridized carbons (Fsp3) is 0.0909. The van der Waals surface area contributed by atoms with Gasteiger partial charge >= 0.3 is 5.97 Å². The molecule has 0 aliphatic rings. The molecule has 1 aromatic carbocycles. The first-order chi connectivity index (χ1) is 6.81. The summed E-state index contributed by atoms with van der Waals surface area (Å²) in [6.07, 6.45) is 1.60. The molecule has 0 fully saturated rings. The van der Waals surface area contributed by atoms with Crippen molar-refractivity contribution < 1.29 is 9.53 Å². The number of fused-ring (bicyclic) bond motifs is 1. The Labute approximate surface area is 81.3 Å². The number of carbonyl (C=O) groups is 1. The van der Waals surface area contributed by atoms with E-state index in [-0.39, 0.29) is 5.97 Å². The zero-order chi connectivity index (χ0) is 9.97. The van der Waals surface area contributed by atoms with Crippen molar-refractivity contribution >= 4 is 16.9 Å². The third-order valence-corrected chi connectivity index (χ3v) is 1.97. The van der Waals surface area contributed by atoms with E-state index in [0.29, 0.717) is 5.56 Å². The lowest BCUT2D eigenvalue weighted by molar-refractivity contribution is 0.0601. The molecular weight excluding hydrogens is 178 g/mol. The van der Waals surface area contributed by atoms with Gasteiger partial charge in [0, 0.05) is 17.6 Å². The van der Waals surface area contributed by atoms with E-state index in [0.717, 1.165) is 10.9 Å². The van der Waals surface area contributed by atoms with Crippen molar-refractivity contribution in [2.75, 3.05) is 7.11 Å². The van der Waals surface area contributed by atoms with Crippen LogP contribution in [0.4, 0.5) is 0 Å². The van der Waals surface area contributed by atoms with Crippen LogP contribution in [-0.2, 0) is 4.74 Å². The molecule has 0 N–H and O–H groups in total. The summed E-state index contributed by atoms with van der Waals surface area (Å²) in [7, 11) is 1.36. The number of pyridine rings is 1. The maximum absolute atomic E-state index is 11.2. The first-order valence-electron chi connectivity index (χ1n) is 4.15. The van der Waals surface area contributed by atoms with Gasteiger partial charge in [-0.15, -0.1) is 0 Å². The van der Waals surface area contributed by atoms with Gasteiger partial charge in [0.05, 0.1) is 18.2 Å². The van der Waals surface area contributed by atoms with Crippen LogP contribution < -0.4 is 0 Å². The summed E-state index contributed by atoms with van der Waals surface area (Å²) in [4.78, 5) is 15.3. The van der Waals surface area contributed by atoms with Gasteiger partial charge in [0.2, 0.25) is 0 Å². The van der Waals surface area contributed by atoms with Crippen molar-refractivity contribution in [1.82, 2.24) is 4.98 Å². The Morgan fingerprint density at radius 3 is 3.14 bits per heavy atom. The van der Waals surface area contributed by atoms with Crippen LogP contribution in [0, 0.1) is 6.07 Å². The van der Waals surface area contributed by atoms with Crippen molar-refractivity contribution in [3.8, 4) is 0 Å². The number of benzene rings is 1. The van der Waals surface area contributed by atoms with E-state index >= 15 is 0 Å². The van der Waals surface area contributed by atoms with Gasteiger partial charge in [-0.1, -0.05) is 0 Å². The first-order valence-corrected chi connectivity index (χ1v) is 4.15. The Kier molecular flexibility index (Phi) is 2.14. The summed E-state index contributed by atoms with van der Waals surface area (Å²) in [5.41, 5.74) is 1.37. The summed E-state index contributed by atoms with van der Waals surface area (Å²) in [5.74, 6) is -0.337. The second kappa shape index (κ2) is 3.46. The van der Waals surface area contributed by atoms with Gasteiger partial charge < -0.3 is 4.74 Å². The molecule has 3 heteroatoms. The summed E-state index contributed by atoms with van der Waals surface area (Å²) < 4.78 is 4.62. The van der Waals surface area contributed by atoms with E-state index in [9.17, 15) is 4.79 Å². The van der Waals surface area contributed by atoms with Crippen molar-refractivity contribution in [1.29, 1.82) is 0 Å².